The molecule has 0 fully saturated rings. The van der Waals surface area contributed by atoms with Gasteiger partial charge in [-0.3, -0.25) is 0 Å². The first-order chi connectivity index (χ1) is 7.38. The van der Waals surface area contributed by atoms with Gasteiger partial charge in [-0.1, -0.05) is 37.9 Å². The molecule has 0 rings (SSSR count). The number of methoxy groups -OCH3 is 1. The summed E-state index contributed by atoms with van der Waals surface area (Å²) in [5.41, 5.74) is 0.634. The van der Waals surface area contributed by atoms with Crippen molar-refractivity contribution in [3.8, 4) is 0 Å². The number of ether oxygens (including phenoxy) is 1. The molecule has 0 bridgehead atoms. The van der Waals surface area contributed by atoms with Crippen molar-refractivity contribution < 1.29 is 18.8 Å². The molecule has 0 aromatic heterocycles. The van der Waals surface area contributed by atoms with Crippen LogP contribution in [0.3, 0.4) is 0 Å². The summed E-state index contributed by atoms with van der Waals surface area (Å²) < 4.78 is 9.40. The Morgan fingerprint density at radius 1 is 1.00 bits per heavy atom. The molecule has 2 amide bonds. The van der Waals surface area contributed by atoms with E-state index in [2.05, 4.69) is 15.0 Å². The summed E-state index contributed by atoms with van der Waals surface area (Å²) in [5, 5.41) is 6.15. The summed E-state index contributed by atoms with van der Waals surface area (Å²) in [5.74, 6) is 0. The lowest BCUT2D eigenvalue weighted by molar-refractivity contribution is 0.178. The van der Waals surface area contributed by atoms with Crippen LogP contribution in [0.4, 0.5) is 9.59 Å². The fourth-order valence-corrected chi connectivity index (χ4v) is 3.67. The van der Waals surface area contributed by atoms with Crippen molar-refractivity contribution in [2.75, 3.05) is 7.11 Å². The van der Waals surface area contributed by atoms with Crippen LogP contribution in [0.5, 0.6) is 0 Å². The Labute approximate surface area is 96.8 Å². The van der Waals surface area contributed by atoms with Crippen molar-refractivity contribution in [2.24, 2.45) is 10.2 Å². The molecular weight excluding hydrogens is 228 g/mol. The minimum absolute atomic E-state index is 0.317. The van der Waals surface area contributed by atoms with Gasteiger partial charge >= 0.3 is 12.2 Å². The smallest absolute Gasteiger partial charge is 0.452 e. The summed E-state index contributed by atoms with van der Waals surface area (Å²) in [6, 6.07) is 0. The molecule has 0 radical (unpaired) electrons. The molecular formula is C9H18N2O4Si. The highest BCUT2D eigenvalue weighted by molar-refractivity contribution is 6.56. The molecule has 16 heavy (non-hydrogen) atoms. The van der Waals surface area contributed by atoms with Crippen LogP contribution in [0.1, 0.15) is 27.7 Å². The van der Waals surface area contributed by atoms with Gasteiger partial charge in [0.15, 0.2) is 0 Å². The molecule has 0 aromatic carbocycles. The molecule has 6 nitrogen and oxygen atoms in total. The number of amides is 2. The Kier molecular flexibility index (Phi) is 6.55. The molecule has 0 heterocycles. The number of carbonyl (C=O) groups excluding carboxylic acids is 2. The van der Waals surface area contributed by atoms with Crippen LogP contribution in [0.2, 0.25) is 11.1 Å². The van der Waals surface area contributed by atoms with Crippen LogP contribution in [0, 0.1) is 0 Å². The van der Waals surface area contributed by atoms with E-state index in [1.54, 1.807) is 0 Å². The molecule has 0 aliphatic carbocycles. The van der Waals surface area contributed by atoms with E-state index in [9.17, 15) is 9.59 Å². The Bertz CT molecular complexity index is 271. The number of azo groups is 1. The van der Waals surface area contributed by atoms with Crippen molar-refractivity contribution in [2.45, 2.75) is 38.8 Å². The third-order valence-electron chi connectivity index (χ3n) is 1.94. The maximum absolute atomic E-state index is 11.2. The van der Waals surface area contributed by atoms with Crippen molar-refractivity contribution in [3.05, 3.63) is 0 Å². The molecule has 0 atom stereocenters. The van der Waals surface area contributed by atoms with Gasteiger partial charge in [-0.25, -0.2) is 9.59 Å². The minimum atomic E-state index is -1.67. The van der Waals surface area contributed by atoms with Gasteiger partial charge in [0.2, 0.25) is 9.04 Å². The maximum Gasteiger partial charge on any atom is 0.452 e. The van der Waals surface area contributed by atoms with E-state index >= 15 is 0 Å². The lowest BCUT2D eigenvalue weighted by Gasteiger charge is -2.21. The van der Waals surface area contributed by atoms with E-state index in [1.165, 1.54) is 0 Å². The summed E-state index contributed by atoms with van der Waals surface area (Å²) in [6.07, 6.45) is -1.73. The molecule has 92 valence electrons. The Morgan fingerprint density at radius 2 is 1.44 bits per heavy atom. The monoisotopic (exact) mass is 246 g/mol. The highest BCUT2D eigenvalue weighted by Crippen LogP contribution is 2.21. The Morgan fingerprint density at radius 3 is 1.81 bits per heavy atom. The standard InChI is InChI=1S/C9H18N2O4Si/c1-6(2)16(7(3)4)15-9(13)11-10-8(12)14-5/h6-7,16H,1-5H3. The maximum atomic E-state index is 11.2. The highest BCUT2D eigenvalue weighted by Gasteiger charge is 2.24. The lowest BCUT2D eigenvalue weighted by Crippen LogP contribution is -2.27. The minimum Gasteiger partial charge on any atom is -0.503 e. The van der Waals surface area contributed by atoms with Crippen LogP contribution in [0.25, 0.3) is 0 Å². The van der Waals surface area contributed by atoms with Gasteiger partial charge in [0.05, 0.1) is 7.11 Å². The quantitative estimate of drug-likeness (QED) is 0.566. The molecule has 0 saturated carbocycles. The van der Waals surface area contributed by atoms with Gasteiger partial charge in [-0.2, -0.15) is 0 Å². The first-order valence-electron chi connectivity index (χ1n) is 5.08. The summed E-state index contributed by atoms with van der Waals surface area (Å²) in [6.45, 7) is 8.01. The number of hydrogen-bond acceptors (Lipinski definition) is 4. The predicted octanol–water partition coefficient (Wildman–Crippen LogP) is 2.89. The third-order valence-corrected chi connectivity index (χ3v) is 5.04. The molecule has 0 aliphatic rings. The fraction of sp³-hybridized carbons (Fsp3) is 0.778. The molecule has 0 aromatic rings. The highest BCUT2D eigenvalue weighted by atomic mass is 28.3. The average Bonchev–Trinajstić information content (AvgIpc) is 2.21. The largest absolute Gasteiger partial charge is 0.503 e. The predicted molar refractivity (Wildman–Crippen MR) is 61.1 cm³/mol. The van der Waals surface area contributed by atoms with E-state index in [-0.39, 0.29) is 0 Å². The SMILES string of the molecule is COC(=O)N=NC(=O)O[SiH](C(C)C)C(C)C. The van der Waals surface area contributed by atoms with Crippen LogP contribution >= 0.6 is 0 Å². The zero-order valence-electron chi connectivity index (χ0n) is 10.3. The summed E-state index contributed by atoms with van der Waals surface area (Å²) in [7, 11) is -0.506. The Hall–Kier alpha value is -1.24. The van der Waals surface area contributed by atoms with E-state index in [0.29, 0.717) is 11.1 Å². The van der Waals surface area contributed by atoms with Crippen LogP contribution in [-0.4, -0.2) is 28.3 Å². The van der Waals surface area contributed by atoms with E-state index in [0.717, 1.165) is 7.11 Å². The van der Waals surface area contributed by atoms with E-state index in [1.807, 2.05) is 27.7 Å². The van der Waals surface area contributed by atoms with Gasteiger partial charge < -0.3 is 9.16 Å². The van der Waals surface area contributed by atoms with Crippen molar-refractivity contribution >= 4 is 21.2 Å². The van der Waals surface area contributed by atoms with Crippen molar-refractivity contribution in [1.82, 2.24) is 0 Å². The normalized spacial score (nSPS) is 11.5. The summed E-state index contributed by atoms with van der Waals surface area (Å²) in [4.78, 5) is 21.8. The number of nitrogens with zero attached hydrogens (tertiary/aromatic N) is 2. The second kappa shape index (κ2) is 7.10. The number of hydrogen-bond donors (Lipinski definition) is 0. The van der Waals surface area contributed by atoms with Gasteiger partial charge in [0.25, 0.3) is 0 Å². The molecule has 7 heteroatoms. The molecule has 0 aliphatic heterocycles. The van der Waals surface area contributed by atoms with E-state index < -0.39 is 21.2 Å². The molecule has 0 saturated heterocycles. The second-order valence-corrected chi connectivity index (χ2v) is 7.84. The van der Waals surface area contributed by atoms with Gasteiger partial charge in [-0.15, -0.1) is 0 Å². The first kappa shape index (κ1) is 14.8. The topological polar surface area (TPSA) is 77.3 Å². The Balaban J connectivity index is 4.31. The van der Waals surface area contributed by atoms with Gasteiger partial charge in [-0.05, 0) is 11.1 Å². The van der Waals surface area contributed by atoms with E-state index in [4.69, 9.17) is 4.43 Å². The van der Waals surface area contributed by atoms with Gasteiger partial charge in [0.1, 0.15) is 0 Å². The zero-order chi connectivity index (χ0) is 12.7. The third kappa shape index (κ3) is 5.59. The second-order valence-electron chi connectivity index (χ2n) is 4.01. The molecule has 0 unspecified atom stereocenters. The zero-order valence-corrected chi connectivity index (χ0v) is 11.4. The lowest BCUT2D eigenvalue weighted by atomic mass is 10.5. The van der Waals surface area contributed by atoms with Crippen molar-refractivity contribution in [3.63, 3.8) is 0 Å². The number of rotatable bonds is 3. The van der Waals surface area contributed by atoms with Gasteiger partial charge in [0, 0.05) is 0 Å². The molecule has 0 N–H and O–H groups in total. The first-order valence-corrected chi connectivity index (χ1v) is 6.89. The van der Waals surface area contributed by atoms with Crippen LogP contribution < -0.4 is 0 Å². The summed E-state index contributed by atoms with van der Waals surface area (Å²) >= 11 is 0. The fourth-order valence-electron chi connectivity index (χ4n) is 1.30. The van der Waals surface area contributed by atoms with Crippen LogP contribution in [-0.2, 0) is 9.16 Å². The average molecular weight is 246 g/mol. The molecule has 0 spiro atoms. The van der Waals surface area contributed by atoms with Crippen LogP contribution in [0.15, 0.2) is 10.2 Å². The number of carbonyl (C=O) groups is 2. The van der Waals surface area contributed by atoms with Crippen molar-refractivity contribution in [1.29, 1.82) is 0 Å².